The van der Waals surface area contributed by atoms with Crippen molar-refractivity contribution in [3.63, 3.8) is 0 Å². The first-order chi connectivity index (χ1) is 15.1. The van der Waals surface area contributed by atoms with E-state index in [4.69, 9.17) is 9.84 Å². The molecule has 7 heteroatoms. The number of hydrogen-bond acceptors (Lipinski definition) is 4. The number of rotatable bonds is 5. The van der Waals surface area contributed by atoms with Crippen molar-refractivity contribution < 1.29 is 19.6 Å². The van der Waals surface area contributed by atoms with E-state index in [2.05, 4.69) is 4.98 Å². The standard InChI is InChI=1S/C24H16N2O4S/c27-22-21(31-24-25-19-6-1-2-7-20(19)26(22)24)13-15-8-10-18(11-9-15)30-14-16-4-3-5-17(12-16)23(28)29/h1-13H,14H2,(H,28,29)/p+1/b21-13-. The molecule has 0 atom stereocenters. The van der Waals surface area contributed by atoms with Crippen molar-refractivity contribution in [3.05, 3.63) is 104 Å². The number of para-hydroxylation sites is 2. The molecule has 2 N–H and O–H groups in total. The molecule has 5 rings (SSSR count). The number of thiazole rings is 1. The number of hydrogen-bond donors (Lipinski definition) is 1. The van der Waals surface area contributed by atoms with Crippen molar-refractivity contribution in [3.8, 4) is 5.75 Å². The molecule has 0 radical (unpaired) electrons. The van der Waals surface area contributed by atoms with Crippen LogP contribution in [0, 0.1) is 0 Å². The van der Waals surface area contributed by atoms with Crippen LogP contribution in [0.2, 0.25) is 0 Å². The predicted molar refractivity (Wildman–Crippen MR) is 119 cm³/mol. The molecule has 0 aliphatic heterocycles. The van der Waals surface area contributed by atoms with Crippen LogP contribution in [0.4, 0.5) is 0 Å². The summed E-state index contributed by atoms with van der Waals surface area (Å²) in [6, 6.07) is 21.8. The molecule has 31 heavy (non-hydrogen) atoms. The predicted octanol–water partition coefficient (Wildman–Crippen LogP) is 3.15. The molecule has 0 amide bonds. The molecule has 0 spiro atoms. The smallest absolute Gasteiger partial charge is 0.357 e. The van der Waals surface area contributed by atoms with Crippen molar-refractivity contribution in [2.45, 2.75) is 6.61 Å². The number of carboxylic acids is 1. The first-order valence-corrected chi connectivity index (χ1v) is 10.4. The molecule has 152 valence electrons. The van der Waals surface area contributed by atoms with Crippen LogP contribution in [-0.2, 0) is 6.61 Å². The van der Waals surface area contributed by atoms with Crippen LogP contribution in [0.5, 0.6) is 5.75 Å². The Balaban J connectivity index is 1.37. The van der Waals surface area contributed by atoms with Gasteiger partial charge in [0.05, 0.1) is 5.56 Å². The highest BCUT2D eigenvalue weighted by molar-refractivity contribution is 7.14. The molecular weight excluding hydrogens is 412 g/mol. The van der Waals surface area contributed by atoms with Gasteiger partial charge in [0.15, 0.2) is 11.0 Å². The van der Waals surface area contributed by atoms with Gasteiger partial charge in [-0.15, -0.1) is 4.40 Å². The van der Waals surface area contributed by atoms with E-state index in [1.807, 2.05) is 60.7 Å². The van der Waals surface area contributed by atoms with Gasteiger partial charge >= 0.3 is 16.5 Å². The molecule has 2 heterocycles. The topological polar surface area (TPSA) is 82.2 Å². The van der Waals surface area contributed by atoms with Crippen molar-refractivity contribution in [2.24, 2.45) is 0 Å². The Morgan fingerprint density at radius 3 is 2.68 bits per heavy atom. The van der Waals surface area contributed by atoms with Gasteiger partial charge in [-0.2, -0.15) is 0 Å². The van der Waals surface area contributed by atoms with Crippen LogP contribution in [0.15, 0.2) is 77.6 Å². The monoisotopic (exact) mass is 429 g/mol. The van der Waals surface area contributed by atoms with Gasteiger partial charge in [-0.05, 0) is 64.9 Å². The number of H-pyrrole nitrogens is 1. The normalized spacial score (nSPS) is 11.9. The summed E-state index contributed by atoms with van der Waals surface area (Å²) < 4.78 is 8.12. The number of aromatic amines is 1. The number of nitrogens with zero attached hydrogens (tertiary/aromatic N) is 1. The SMILES string of the molecule is O=C(O)c1cccc(COc2ccc(/C=c3\sc4[nH+]c5ccccc5n4c3=O)cc2)c1. The summed E-state index contributed by atoms with van der Waals surface area (Å²) in [7, 11) is 0. The van der Waals surface area contributed by atoms with E-state index in [1.165, 1.54) is 11.3 Å². The molecule has 6 nitrogen and oxygen atoms in total. The summed E-state index contributed by atoms with van der Waals surface area (Å²) in [5.74, 6) is -0.297. The average Bonchev–Trinajstić information content (AvgIpc) is 3.29. The van der Waals surface area contributed by atoms with E-state index in [0.29, 0.717) is 10.3 Å². The van der Waals surface area contributed by atoms with Gasteiger partial charge in [-0.1, -0.05) is 36.4 Å². The second-order valence-corrected chi connectivity index (χ2v) is 8.09. The molecule has 0 fully saturated rings. The maximum absolute atomic E-state index is 12.9. The van der Waals surface area contributed by atoms with Crippen molar-refractivity contribution in [1.82, 2.24) is 4.40 Å². The lowest BCUT2D eigenvalue weighted by Gasteiger charge is -2.07. The maximum atomic E-state index is 12.9. The molecule has 0 aliphatic carbocycles. The average molecular weight is 429 g/mol. The van der Waals surface area contributed by atoms with Crippen LogP contribution in [-0.4, -0.2) is 15.5 Å². The minimum atomic E-state index is -0.962. The first kappa shape index (κ1) is 19.0. The summed E-state index contributed by atoms with van der Waals surface area (Å²) in [6.07, 6.45) is 1.86. The summed E-state index contributed by atoms with van der Waals surface area (Å²) >= 11 is 1.42. The number of aromatic carboxylic acids is 1. The van der Waals surface area contributed by atoms with E-state index >= 15 is 0 Å². The Morgan fingerprint density at radius 2 is 1.87 bits per heavy atom. The molecule has 0 unspecified atom stereocenters. The van der Waals surface area contributed by atoms with Gasteiger partial charge in [-0.25, -0.2) is 14.6 Å². The van der Waals surface area contributed by atoms with Gasteiger partial charge in [0.2, 0.25) is 0 Å². The fourth-order valence-corrected chi connectivity index (χ4v) is 4.46. The molecular formula is C24H17N2O4S+. The summed E-state index contributed by atoms with van der Waals surface area (Å²) in [5, 5.41) is 9.08. The second-order valence-electron chi connectivity index (χ2n) is 7.06. The van der Waals surface area contributed by atoms with Crippen LogP contribution >= 0.6 is 11.3 Å². The third-order valence-electron chi connectivity index (χ3n) is 4.97. The lowest BCUT2D eigenvalue weighted by molar-refractivity contribution is -0.308. The molecule has 2 aromatic heterocycles. The quantitative estimate of drug-likeness (QED) is 0.465. The molecule has 3 aromatic carbocycles. The number of carboxylic acid groups (broad SMARTS) is 1. The molecule has 0 saturated carbocycles. The van der Waals surface area contributed by atoms with Crippen LogP contribution in [0.3, 0.4) is 0 Å². The zero-order valence-electron chi connectivity index (χ0n) is 16.2. The van der Waals surface area contributed by atoms with Gasteiger partial charge in [0, 0.05) is 0 Å². The maximum Gasteiger partial charge on any atom is 0.357 e. The van der Waals surface area contributed by atoms with Gasteiger partial charge in [0.25, 0.3) is 0 Å². The molecule has 0 aliphatic rings. The summed E-state index contributed by atoms with van der Waals surface area (Å²) in [5.41, 5.74) is 3.67. The number of fused-ring (bicyclic) bond motifs is 3. The lowest BCUT2D eigenvalue weighted by Crippen LogP contribution is -2.22. The van der Waals surface area contributed by atoms with Crippen LogP contribution in [0.1, 0.15) is 21.5 Å². The third kappa shape index (κ3) is 3.67. The highest BCUT2D eigenvalue weighted by Crippen LogP contribution is 2.16. The number of imidazole rings is 1. The van der Waals surface area contributed by atoms with E-state index in [-0.39, 0.29) is 17.7 Å². The van der Waals surface area contributed by atoms with E-state index in [1.54, 1.807) is 22.6 Å². The number of carbonyl (C=O) groups is 1. The number of nitrogens with one attached hydrogen (secondary N) is 1. The zero-order chi connectivity index (χ0) is 21.4. The highest BCUT2D eigenvalue weighted by Gasteiger charge is 2.18. The minimum absolute atomic E-state index is 0.0453. The molecule has 0 saturated heterocycles. The van der Waals surface area contributed by atoms with Gasteiger partial charge in [0.1, 0.15) is 16.9 Å². The van der Waals surface area contributed by atoms with Crippen LogP contribution < -0.4 is 19.8 Å². The molecule has 5 aromatic rings. The largest absolute Gasteiger partial charge is 0.489 e. The summed E-state index contributed by atoms with van der Waals surface area (Å²) in [6.45, 7) is 0.272. The number of aromatic nitrogens is 2. The van der Waals surface area contributed by atoms with Crippen molar-refractivity contribution >= 4 is 39.4 Å². The minimum Gasteiger partial charge on any atom is -0.489 e. The van der Waals surface area contributed by atoms with Crippen molar-refractivity contribution in [1.29, 1.82) is 0 Å². The van der Waals surface area contributed by atoms with Crippen LogP contribution in [0.25, 0.3) is 22.1 Å². The fraction of sp³-hybridized carbons (Fsp3) is 0.0417. The second kappa shape index (κ2) is 7.70. The Kier molecular flexibility index (Phi) is 4.72. The van der Waals surface area contributed by atoms with E-state index in [9.17, 15) is 9.59 Å². The Bertz CT molecular complexity index is 1530. The number of ether oxygens (including phenoxy) is 1. The Labute approximate surface area is 180 Å². The lowest BCUT2D eigenvalue weighted by atomic mass is 10.1. The third-order valence-corrected chi connectivity index (χ3v) is 5.96. The van der Waals surface area contributed by atoms with Crippen molar-refractivity contribution in [2.75, 3.05) is 0 Å². The fourth-order valence-electron chi connectivity index (χ4n) is 3.45. The van der Waals surface area contributed by atoms with E-state index in [0.717, 1.165) is 27.1 Å². The Morgan fingerprint density at radius 1 is 1.06 bits per heavy atom. The van der Waals surface area contributed by atoms with E-state index < -0.39 is 5.97 Å². The Hall–Kier alpha value is -3.97. The zero-order valence-corrected chi connectivity index (χ0v) is 17.1. The first-order valence-electron chi connectivity index (χ1n) is 9.60. The highest BCUT2D eigenvalue weighted by atomic mass is 32.1. The molecule has 0 bridgehead atoms. The van der Waals surface area contributed by atoms with Gasteiger partial charge < -0.3 is 9.84 Å². The van der Waals surface area contributed by atoms with Gasteiger partial charge in [-0.3, -0.25) is 0 Å². The number of benzene rings is 3. The summed E-state index contributed by atoms with van der Waals surface area (Å²) in [4.78, 5) is 28.0.